The van der Waals surface area contributed by atoms with Crippen molar-refractivity contribution in [2.75, 3.05) is 19.5 Å². The number of aromatic nitrogens is 2. The summed E-state index contributed by atoms with van der Waals surface area (Å²) in [6.45, 7) is 2.63. The second kappa shape index (κ2) is 4.31. The van der Waals surface area contributed by atoms with Gasteiger partial charge in [0.15, 0.2) is 0 Å². The fraction of sp³-hybridized carbons (Fsp3) is 0.364. The Kier molecular flexibility index (Phi) is 3.03. The van der Waals surface area contributed by atoms with Crippen molar-refractivity contribution in [1.82, 2.24) is 9.55 Å². The van der Waals surface area contributed by atoms with Gasteiger partial charge in [0.25, 0.3) is 0 Å². The highest BCUT2D eigenvalue weighted by molar-refractivity contribution is 6.31. The van der Waals surface area contributed by atoms with Crippen molar-refractivity contribution in [2.45, 2.75) is 13.0 Å². The van der Waals surface area contributed by atoms with Gasteiger partial charge in [-0.25, -0.2) is 4.98 Å². The number of nitrogens with two attached hydrogens (primary N) is 1. The first-order valence-electron chi connectivity index (χ1n) is 5.05. The van der Waals surface area contributed by atoms with E-state index in [1.165, 1.54) is 0 Å². The number of hydrogen-bond donors (Lipinski definition) is 1. The van der Waals surface area contributed by atoms with Crippen LogP contribution >= 0.6 is 11.6 Å². The molecule has 1 unspecified atom stereocenters. The number of nitrogens with zero attached hydrogens (tertiary/aromatic N) is 2. The summed E-state index contributed by atoms with van der Waals surface area (Å²) in [4.78, 5) is 4.28. The van der Waals surface area contributed by atoms with Gasteiger partial charge in [0.05, 0.1) is 23.7 Å². The summed E-state index contributed by atoms with van der Waals surface area (Å²) < 4.78 is 7.08. The molecule has 5 heteroatoms. The molecule has 1 aromatic carbocycles. The van der Waals surface area contributed by atoms with E-state index in [9.17, 15) is 0 Å². The molecule has 0 saturated carbocycles. The maximum Gasteiger partial charge on any atom is 0.201 e. The molecule has 0 amide bonds. The van der Waals surface area contributed by atoms with Gasteiger partial charge in [0.2, 0.25) is 5.95 Å². The van der Waals surface area contributed by atoms with Crippen LogP contribution in [0, 0.1) is 0 Å². The lowest BCUT2D eigenvalue weighted by Gasteiger charge is -2.14. The molecule has 0 aliphatic rings. The number of nitrogen functional groups attached to an aromatic ring is 1. The molecule has 86 valence electrons. The number of imidazole rings is 1. The van der Waals surface area contributed by atoms with Crippen molar-refractivity contribution >= 4 is 28.6 Å². The van der Waals surface area contributed by atoms with E-state index in [1.807, 2.05) is 29.7 Å². The van der Waals surface area contributed by atoms with Crippen molar-refractivity contribution in [3.05, 3.63) is 23.2 Å². The number of hydrogen-bond acceptors (Lipinski definition) is 3. The fourth-order valence-corrected chi connectivity index (χ4v) is 2.04. The molecule has 0 aliphatic carbocycles. The minimum Gasteiger partial charge on any atom is -0.383 e. The van der Waals surface area contributed by atoms with E-state index in [0.717, 1.165) is 11.0 Å². The molecule has 2 rings (SSSR count). The van der Waals surface area contributed by atoms with Crippen LogP contribution in [0.4, 0.5) is 5.95 Å². The van der Waals surface area contributed by atoms with Gasteiger partial charge in [-0.1, -0.05) is 11.6 Å². The standard InChI is InChI=1S/C11H14ClN3O/c1-7(6-16-2)15-10-4-3-8(12)5-9(10)14-11(15)13/h3-5,7H,6H2,1-2H3,(H2,13,14). The van der Waals surface area contributed by atoms with E-state index in [0.29, 0.717) is 17.6 Å². The van der Waals surface area contributed by atoms with Gasteiger partial charge in [-0.3, -0.25) is 0 Å². The molecule has 0 saturated heterocycles. The number of halogens is 1. The molecular weight excluding hydrogens is 226 g/mol. The SMILES string of the molecule is COCC(C)n1c(N)nc2cc(Cl)ccc21. The molecule has 4 nitrogen and oxygen atoms in total. The topological polar surface area (TPSA) is 53.1 Å². The Morgan fingerprint density at radius 2 is 2.31 bits per heavy atom. The van der Waals surface area contributed by atoms with Crippen LogP contribution in [0.1, 0.15) is 13.0 Å². The van der Waals surface area contributed by atoms with E-state index in [2.05, 4.69) is 4.98 Å². The summed E-state index contributed by atoms with van der Waals surface area (Å²) in [5, 5.41) is 0.663. The molecule has 0 spiro atoms. The molecular formula is C11H14ClN3O. The van der Waals surface area contributed by atoms with Gasteiger partial charge in [-0.2, -0.15) is 0 Å². The number of methoxy groups -OCH3 is 1. The molecule has 16 heavy (non-hydrogen) atoms. The molecule has 1 heterocycles. The number of fused-ring (bicyclic) bond motifs is 1. The van der Waals surface area contributed by atoms with Crippen LogP contribution in [-0.2, 0) is 4.74 Å². The van der Waals surface area contributed by atoms with Crippen molar-refractivity contribution in [3.63, 3.8) is 0 Å². The van der Waals surface area contributed by atoms with Gasteiger partial charge in [0, 0.05) is 12.1 Å². The summed E-state index contributed by atoms with van der Waals surface area (Å²) >= 11 is 5.91. The Labute approximate surface area is 99.0 Å². The van der Waals surface area contributed by atoms with Crippen molar-refractivity contribution in [1.29, 1.82) is 0 Å². The summed E-state index contributed by atoms with van der Waals surface area (Å²) in [6.07, 6.45) is 0. The van der Waals surface area contributed by atoms with Gasteiger partial charge in [-0.05, 0) is 25.1 Å². The zero-order valence-electron chi connectivity index (χ0n) is 9.27. The lowest BCUT2D eigenvalue weighted by Crippen LogP contribution is -2.13. The third kappa shape index (κ3) is 1.86. The number of anilines is 1. The lowest BCUT2D eigenvalue weighted by atomic mass is 10.3. The third-order valence-corrected chi connectivity index (χ3v) is 2.76. The molecule has 0 aliphatic heterocycles. The Bertz CT molecular complexity index is 509. The highest BCUT2D eigenvalue weighted by atomic mass is 35.5. The highest BCUT2D eigenvalue weighted by Crippen LogP contribution is 2.25. The van der Waals surface area contributed by atoms with Crippen molar-refractivity contribution in [2.24, 2.45) is 0 Å². The van der Waals surface area contributed by atoms with Gasteiger partial charge >= 0.3 is 0 Å². The maximum atomic E-state index is 5.91. The van der Waals surface area contributed by atoms with Gasteiger partial charge in [0.1, 0.15) is 0 Å². The summed E-state index contributed by atoms with van der Waals surface area (Å²) in [6, 6.07) is 5.72. The molecule has 0 fully saturated rings. The van der Waals surface area contributed by atoms with Crippen LogP contribution in [-0.4, -0.2) is 23.3 Å². The Morgan fingerprint density at radius 3 is 3.00 bits per heavy atom. The van der Waals surface area contributed by atoms with E-state index < -0.39 is 0 Å². The van der Waals surface area contributed by atoms with Crippen LogP contribution in [0.25, 0.3) is 11.0 Å². The molecule has 1 atom stereocenters. The Morgan fingerprint density at radius 1 is 1.56 bits per heavy atom. The number of rotatable bonds is 3. The minimum absolute atomic E-state index is 0.149. The molecule has 0 bridgehead atoms. The van der Waals surface area contributed by atoms with Crippen LogP contribution in [0.2, 0.25) is 5.02 Å². The first-order chi connectivity index (χ1) is 7.63. The smallest absolute Gasteiger partial charge is 0.201 e. The minimum atomic E-state index is 0.149. The van der Waals surface area contributed by atoms with Crippen LogP contribution < -0.4 is 5.73 Å². The fourth-order valence-electron chi connectivity index (χ4n) is 1.87. The predicted octanol–water partition coefficient (Wildman–Crippen LogP) is 2.48. The number of ether oxygens (including phenoxy) is 1. The first-order valence-corrected chi connectivity index (χ1v) is 5.43. The average Bonchev–Trinajstić information content (AvgIpc) is 2.53. The quantitative estimate of drug-likeness (QED) is 0.895. The largest absolute Gasteiger partial charge is 0.383 e. The van der Waals surface area contributed by atoms with Gasteiger partial charge < -0.3 is 15.0 Å². The molecule has 0 radical (unpaired) electrons. The molecule has 2 aromatic rings. The van der Waals surface area contributed by atoms with Crippen LogP contribution in [0.15, 0.2) is 18.2 Å². The van der Waals surface area contributed by atoms with Gasteiger partial charge in [-0.15, -0.1) is 0 Å². The molecule has 1 aromatic heterocycles. The van der Waals surface area contributed by atoms with E-state index >= 15 is 0 Å². The normalized spacial score (nSPS) is 13.2. The Hall–Kier alpha value is -1.26. The van der Waals surface area contributed by atoms with Crippen LogP contribution in [0.5, 0.6) is 0 Å². The maximum absolute atomic E-state index is 5.91. The zero-order valence-corrected chi connectivity index (χ0v) is 10.0. The van der Waals surface area contributed by atoms with Crippen molar-refractivity contribution in [3.8, 4) is 0 Å². The third-order valence-electron chi connectivity index (χ3n) is 2.53. The van der Waals surface area contributed by atoms with Crippen LogP contribution in [0.3, 0.4) is 0 Å². The van der Waals surface area contributed by atoms with E-state index in [1.54, 1.807) is 7.11 Å². The van der Waals surface area contributed by atoms with Crippen molar-refractivity contribution < 1.29 is 4.74 Å². The number of benzene rings is 1. The second-order valence-electron chi connectivity index (χ2n) is 3.78. The second-order valence-corrected chi connectivity index (χ2v) is 4.21. The van der Waals surface area contributed by atoms with E-state index in [-0.39, 0.29) is 6.04 Å². The Balaban J connectivity index is 2.55. The highest BCUT2D eigenvalue weighted by Gasteiger charge is 2.13. The lowest BCUT2D eigenvalue weighted by molar-refractivity contribution is 0.164. The summed E-state index contributed by atoms with van der Waals surface area (Å²) in [5.74, 6) is 0.488. The molecule has 2 N–H and O–H groups in total. The van der Waals surface area contributed by atoms with E-state index in [4.69, 9.17) is 22.1 Å². The summed E-state index contributed by atoms with van der Waals surface area (Å²) in [5.41, 5.74) is 7.68. The zero-order chi connectivity index (χ0) is 11.7. The monoisotopic (exact) mass is 239 g/mol. The predicted molar refractivity (Wildman–Crippen MR) is 65.7 cm³/mol. The first kappa shape index (κ1) is 11.2. The average molecular weight is 240 g/mol. The summed E-state index contributed by atoms with van der Waals surface area (Å²) in [7, 11) is 1.67.